The second-order valence-corrected chi connectivity index (χ2v) is 2.94. The third-order valence-corrected chi connectivity index (χ3v) is 2.28. The van der Waals surface area contributed by atoms with Crippen molar-refractivity contribution in [1.29, 1.82) is 0 Å². The first kappa shape index (κ1) is 7.03. The van der Waals surface area contributed by atoms with Gasteiger partial charge in [0.25, 0.3) is 0 Å². The second kappa shape index (κ2) is 3.18. The molecule has 1 saturated carbocycles. The maximum atomic E-state index is 5.75. The molecule has 2 heteroatoms. The lowest BCUT2D eigenvalue weighted by atomic mass is 9.99. The Bertz CT molecular complexity index is 77.0. The molecule has 0 bridgehead atoms. The molecule has 0 aromatic heterocycles. The lowest BCUT2D eigenvalue weighted by Gasteiger charge is -2.15. The van der Waals surface area contributed by atoms with E-state index in [2.05, 4.69) is 0 Å². The van der Waals surface area contributed by atoms with Gasteiger partial charge in [-0.3, -0.25) is 0 Å². The van der Waals surface area contributed by atoms with Crippen molar-refractivity contribution in [1.82, 2.24) is 0 Å². The van der Waals surface area contributed by atoms with E-state index in [1.54, 1.807) is 0 Å². The normalized spacial score (nSPS) is 24.7. The van der Waals surface area contributed by atoms with Gasteiger partial charge in [0.05, 0.1) is 0 Å². The molecule has 4 N–H and O–H groups in total. The largest absolute Gasteiger partial charge is 0.329 e. The molecule has 1 fully saturated rings. The summed E-state index contributed by atoms with van der Waals surface area (Å²) in [6, 6.07) is 0.271. The van der Waals surface area contributed by atoms with Crippen molar-refractivity contribution in [3.05, 3.63) is 0 Å². The van der Waals surface area contributed by atoms with Gasteiger partial charge in [0.15, 0.2) is 0 Å². The Balaban J connectivity index is 2.24. The van der Waals surface area contributed by atoms with Crippen molar-refractivity contribution in [2.45, 2.75) is 31.7 Å². The highest BCUT2D eigenvalue weighted by Crippen LogP contribution is 2.26. The van der Waals surface area contributed by atoms with Crippen molar-refractivity contribution >= 4 is 0 Å². The zero-order valence-corrected chi connectivity index (χ0v) is 5.84. The van der Waals surface area contributed by atoms with Gasteiger partial charge >= 0.3 is 0 Å². The van der Waals surface area contributed by atoms with Crippen LogP contribution in [0.4, 0.5) is 0 Å². The van der Waals surface area contributed by atoms with Gasteiger partial charge in [-0.05, 0) is 18.8 Å². The molecular weight excluding hydrogens is 112 g/mol. The lowest BCUT2D eigenvalue weighted by Crippen LogP contribution is -2.35. The molecule has 0 aliphatic heterocycles. The topological polar surface area (TPSA) is 52.0 Å². The first-order valence-corrected chi connectivity index (χ1v) is 3.80. The molecule has 0 aromatic carbocycles. The van der Waals surface area contributed by atoms with Crippen LogP contribution in [0.1, 0.15) is 25.7 Å². The first-order valence-electron chi connectivity index (χ1n) is 3.80. The van der Waals surface area contributed by atoms with Crippen LogP contribution in [0.2, 0.25) is 0 Å². The Morgan fingerprint density at radius 1 is 1.33 bits per heavy atom. The molecule has 0 heterocycles. The number of hydrogen-bond donors (Lipinski definition) is 2. The fourth-order valence-corrected chi connectivity index (χ4v) is 1.58. The molecule has 1 aliphatic carbocycles. The first-order chi connectivity index (χ1) is 4.34. The predicted octanol–water partition coefficient (Wildman–Crippen LogP) is 0.463. The molecule has 0 aromatic rings. The third-order valence-electron chi connectivity index (χ3n) is 2.28. The molecule has 1 atom stereocenters. The van der Waals surface area contributed by atoms with Crippen LogP contribution >= 0.6 is 0 Å². The number of rotatable bonds is 2. The zero-order valence-electron chi connectivity index (χ0n) is 5.84. The van der Waals surface area contributed by atoms with Crippen LogP contribution in [0.3, 0.4) is 0 Å². The maximum Gasteiger partial charge on any atom is 0.0191 e. The Labute approximate surface area is 56.6 Å². The Morgan fingerprint density at radius 2 is 1.89 bits per heavy atom. The highest BCUT2D eigenvalue weighted by molar-refractivity contribution is 4.77. The van der Waals surface area contributed by atoms with E-state index in [9.17, 15) is 0 Å². The molecule has 0 amide bonds. The van der Waals surface area contributed by atoms with Gasteiger partial charge in [-0.1, -0.05) is 12.8 Å². The van der Waals surface area contributed by atoms with E-state index < -0.39 is 0 Å². The molecule has 1 aliphatic rings. The SMILES string of the molecule is NC[C@H](N)C1CCCC1. The molecule has 9 heavy (non-hydrogen) atoms. The van der Waals surface area contributed by atoms with E-state index in [1.807, 2.05) is 0 Å². The zero-order chi connectivity index (χ0) is 6.69. The van der Waals surface area contributed by atoms with Crippen LogP contribution in [-0.4, -0.2) is 12.6 Å². The lowest BCUT2D eigenvalue weighted by molar-refractivity contribution is 0.438. The summed E-state index contributed by atoms with van der Waals surface area (Å²) in [6.07, 6.45) is 5.33. The summed E-state index contributed by atoms with van der Waals surface area (Å²) in [5, 5.41) is 0. The summed E-state index contributed by atoms with van der Waals surface area (Å²) in [5.41, 5.74) is 11.2. The van der Waals surface area contributed by atoms with Crippen molar-refractivity contribution in [2.24, 2.45) is 17.4 Å². The van der Waals surface area contributed by atoms with Crippen molar-refractivity contribution < 1.29 is 0 Å². The van der Waals surface area contributed by atoms with Crippen LogP contribution in [-0.2, 0) is 0 Å². The average Bonchev–Trinajstić information content (AvgIpc) is 2.37. The smallest absolute Gasteiger partial charge is 0.0191 e. The van der Waals surface area contributed by atoms with Crippen molar-refractivity contribution in [3.63, 3.8) is 0 Å². The quantitative estimate of drug-likeness (QED) is 0.567. The molecule has 1 rings (SSSR count). The molecular formula is C7H16N2. The second-order valence-electron chi connectivity index (χ2n) is 2.94. The summed E-state index contributed by atoms with van der Waals surface area (Å²) >= 11 is 0. The van der Waals surface area contributed by atoms with Gasteiger partial charge < -0.3 is 11.5 Å². The minimum atomic E-state index is 0.271. The van der Waals surface area contributed by atoms with E-state index in [0.717, 1.165) is 5.92 Å². The van der Waals surface area contributed by atoms with Gasteiger partial charge in [0, 0.05) is 12.6 Å². The summed E-state index contributed by atoms with van der Waals surface area (Å²) < 4.78 is 0. The summed E-state index contributed by atoms with van der Waals surface area (Å²) in [7, 11) is 0. The fourth-order valence-electron chi connectivity index (χ4n) is 1.58. The van der Waals surface area contributed by atoms with Gasteiger partial charge in [-0.25, -0.2) is 0 Å². The van der Waals surface area contributed by atoms with Gasteiger partial charge in [-0.2, -0.15) is 0 Å². The van der Waals surface area contributed by atoms with E-state index in [-0.39, 0.29) is 6.04 Å². The average molecular weight is 128 g/mol. The van der Waals surface area contributed by atoms with E-state index in [0.29, 0.717) is 6.54 Å². The Morgan fingerprint density at radius 3 is 2.33 bits per heavy atom. The van der Waals surface area contributed by atoms with Crippen LogP contribution in [0, 0.1) is 5.92 Å². The van der Waals surface area contributed by atoms with Crippen LogP contribution < -0.4 is 11.5 Å². The molecule has 0 unspecified atom stereocenters. The minimum Gasteiger partial charge on any atom is -0.329 e. The summed E-state index contributed by atoms with van der Waals surface area (Å²) in [6.45, 7) is 0.657. The number of hydrogen-bond acceptors (Lipinski definition) is 2. The van der Waals surface area contributed by atoms with Crippen LogP contribution in [0.25, 0.3) is 0 Å². The molecule has 54 valence electrons. The Kier molecular flexibility index (Phi) is 2.49. The predicted molar refractivity (Wildman–Crippen MR) is 39.0 cm³/mol. The van der Waals surface area contributed by atoms with Gasteiger partial charge in [0.2, 0.25) is 0 Å². The maximum absolute atomic E-state index is 5.75. The molecule has 0 saturated heterocycles. The molecule has 0 spiro atoms. The van der Waals surface area contributed by atoms with E-state index in [1.165, 1.54) is 25.7 Å². The highest BCUT2D eigenvalue weighted by atomic mass is 14.7. The Hall–Kier alpha value is -0.0800. The van der Waals surface area contributed by atoms with Crippen molar-refractivity contribution in [2.75, 3.05) is 6.54 Å². The minimum absolute atomic E-state index is 0.271. The monoisotopic (exact) mass is 128 g/mol. The van der Waals surface area contributed by atoms with Gasteiger partial charge in [-0.15, -0.1) is 0 Å². The molecule has 0 radical (unpaired) electrons. The molecule has 2 nitrogen and oxygen atoms in total. The van der Waals surface area contributed by atoms with Gasteiger partial charge in [0.1, 0.15) is 0 Å². The number of nitrogens with two attached hydrogens (primary N) is 2. The standard InChI is InChI=1S/C7H16N2/c8-5-7(9)6-3-1-2-4-6/h6-7H,1-5,8-9H2/t7-/m0/s1. The van der Waals surface area contributed by atoms with Crippen LogP contribution in [0.5, 0.6) is 0 Å². The van der Waals surface area contributed by atoms with E-state index >= 15 is 0 Å². The summed E-state index contributed by atoms with van der Waals surface area (Å²) in [4.78, 5) is 0. The third kappa shape index (κ3) is 1.66. The fraction of sp³-hybridized carbons (Fsp3) is 1.00. The highest BCUT2D eigenvalue weighted by Gasteiger charge is 2.20. The summed E-state index contributed by atoms with van der Waals surface area (Å²) in [5.74, 6) is 0.731. The van der Waals surface area contributed by atoms with E-state index in [4.69, 9.17) is 11.5 Å². The van der Waals surface area contributed by atoms with Crippen molar-refractivity contribution in [3.8, 4) is 0 Å². The van der Waals surface area contributed by atoms with Crippen LogP contribution in [0.15, 0.2) is 0 Å².